The topological polar surface area (TPSA) is 29.5 Å². The number of ether oxygens (including phenoxy) is 1. The largest absolute Gasteiger partial charge is 0.459 e. The van der Waals surface area contributed by atoms with E-state index < -0.39 is 0 Å². The van der Waals surface area contributed by atoms with Crippen LogP contribution in [0.3, 0.4) is 0 Å². The summed E-state index contributed by atoms with van der Waals surface area (Å²) in [6, 6.07) is 0. The number of hydrogen-bond donors (Lipinski definition) is 1. The Morgan fingerprint density at radius 1 is 1.47 bits per heavy atom. The van der Waals surface area contributed by atoms with Gasteiger partial charge in [0.15, 0.2) is 0 Å². The molecule has 4 heteroatoms. The number of likely N-dealkylation sites (tertiary alicyclic amines) is 1. The molecule has 1 aliphatic rings. The van der Waals surface area contributed by atoms with Crippen LogP contribution in [-0.4, -0.2) is 42.4 Å². The van der Waals surface area contributed by atoms with Crippen LogP contribution in [0.2, 0.25) is 0 Å². The second kappa shape index (κ2) is 5.75. The highest BCUT2D eigenvalue weighted by atomic mass is 32.1. The molecular weight excluding hydrogens is 210 g/mol. The van der Waals surface area contributed by atoms with Gasteiger partial charge in [-0.1, -0.05) is 6.92 Å². The molecule has 1 saturated heterocycles. The van der Waals surface area contributed by atoms with Gasteiger partial charge in [0.25, 0.3) is 0 Å². The SMILES string of the molecule is CCC1(OC(=O)CCS)CCN(C)CC1. The maximum absolute atomic E-state index is 11.5. The quantitative estimate of drug-likeness (QED) is 0.590. The van der Waals surface area contributed by atoms with Crippen molar-refractivity contribution in [2.75, 3.05) is 25.9 Å². The summed E-state index contributed by atoms with van der Waals surface area (Å²) < 4.78 is 5.60. The van der Waals surface area contributed by atoms with Crippen LogP contribution in [0.15, 0.2) is 0 Å². The molecule has 1 fully saturated rings. The van der Waals surface area contributed by atoms with Gasteiger partial charge in [0, 0.05) is 18.8 Å². The number of piperidine rings is 1. The molecule has 0 aromatic carbocycles. The average molecular weight is 231 g/mol. The van der Waals surface area contributed by atoms with E-state index in [0.29, 0.717) is 12.2 Å². The van der Waals surface area contributed by atoms with Crippen LogP contribution in [0.1, 0.15) is 32.6 Å². The van der Waals surface area contributed by atoms with Gasteiger partial charge in [-0.05, 0) is 26.3 Å². The van der Waals surface area contributed by atoms with Gasteiger partial charge in [-0.25, -0.2) is 0 Å². The van der Waals surface area contributed by atoms with Gasteiger partial charge in [0.05, 0.1) is 6.42 Å². The molecular formula is C11H21NO2S. The van der Waals surface area contributed by atoms with Crippen molar-refractivity contribution in [2.45, 2.75) is 38.2 Å². The Bertz CT molecular complexity index is 213. The van der Waals surface area contributed by atoms with E-state index in [1.165, 1.54) is 0 Å². The molecule has 0 aliphatic carbocycles. The Morgan fingerprint density at radius 2 is 2.07 bits per heavy atom. The Kier molecular flexibility index (Phi) is 4.93. The molecule has 1 rings (SSSR count). The van der Waals surface area contributed by atoms with Crippen molar-refractivity contribution in [2.24, 2.45) is 0 Å². The minimum Gasteiger partial charge on any atom is -0.459 e. The predicted molar refractivity (Wildman–Crippen MR) is 64.3 cm³/mol. The molecule has 88 valence electrons. The molecule has 0 radical (unpaired) electrons. The van der Waals surface area contributed by atoms with Crippen LogP contribution < -0.4 is 0 Å². The van der Waals surface area contributed by atoms with Gasteiger partial charge in [0.1, 0.15) is 5.60 Å². The fourth-order valence-corrected chi connectivity index (χ4v) is 2.12. The highest BCUT2D eigenvalue weighted by molar-refractivity contribution is 7.80. The standard InChI is InChI=1S/C11H21NO2S/c1-3-11(14-10(13)4-9-15)5-7-12(2)8-6-11/h15H,3-9H2,1-2H3. The molecule has 1 aliphatic heterocycles. The second-order valence-electron chi connectivity index (χ2n) is 4.29. The van der Waals surface area contributed by atoms with E-state index in [9.17, 15) is 4.79 Å². The third kappa shape index (κ3) is 3.68. The van der Waals surface area contributed by atoms with Crippen molar-refractivity contribution in [3.05, 3.63) is 0 Å². The lowest BCUT2D eigenvalue weighted by Crippen LogP contribution is -2.45. The van der Waals surface area contributed by atoms with Gasteiger partial charge in [-0.2, -0.15) is 12.6 Å². The third-order valence-corrected chi connectivity index (χ3v) is 3.41. The van der Waals surface area contributed by atoms with E-state index >= 15 is 0 Å². The van der Waals surface area contributed by atoms with Gasteiger partial charge in [-0.3, -0.25) is 4.79 Å². The summed E-state index contributed by atoms with van der Waals surface area (Å²) in [5.41, 5.74) is -0.202. The van der Waals surface area contributed by atoms with Crippen molar-refractivity contribution >= 4 is 18.6 Å². The summed E-state index contributed by atoms with van der Waals surface area (Å²) in [5.74, 6) is 0.467. The highest BCUT2D eigenvalue weighted by Gasteiger charge is 2.35. The lowest BCUT2D eigenvalue weighted by atomic mass is 9.89. The maximum Gasteiger partial charge on any atom is 0.307 e. The number of hydrogen-bond acceptors (Lipinski definition) is 4. The first-order valence-electron chi connectivity index (χ1n) is 5.63. The van der Waals surface area contributed by atoms with Gasteiger partial charge in [-0.15, -0.1) is 0 Å². The smallest absolute Gasteiger partial charge is 0.307 e. The van der Waals surface area contributed by atoms with Crippen LogP contribution >= 0.6 is 12.6 Å². The number of carbonyl (C=O) groups is 1. The van der Waals surface area contributed by atoms with Gasteiger partial charge < -0.3 is 9.64 Å². The minimum atomic E-state index is -0.202. The first kappa shape index (κ1) is 12.8. The molecule has 1 heterocycles. The summed E-state index contributed by atoms with van der Waals surface area (Å²) in [6.45, 7) is 4.13. The van der Waals surface area contributed by atoms with Crippen LogP contribution in [0, 0.1) is 0 Å². The van der Waals surface area contributed by atoms with Crippen LogP contribution in [-0.2, 0) is 9.53 Å². The van der Waals surface area contributed by atoms with Crippen molar-refractivity contribution in [3.8, 4) is 0 Å². The van der Waals surface area contributed by atoms with E-state index in [1.807, 2.05) is 0 Å². The zero-order chi connectivity index (χ0) is 11.3. The first-order valence-corrected chi connectivity index (χ1v) is 6.26. The van der Waals surface area contributed by atoms with E-state index in [4.69, 9.17) is 4.74 Å². The molecule has 0 unspecified atom stereocenters. The van der Waals surface area contributed by atoms with Gasteiger partial charge >= 0.3 is 5.97 Å². The van der Waals surface area contributed by atoms with E-state index in [-0.39, 0.29) is 11.6 Å². The molecule has 0 saturated carbocycles. The molecule has 0 amide bonds. The zero-order valence-electron chi connectivity index (χ0n) is 9.66. The molecule has 0 N–H and O–H groups in total. The number of thiol groups is 1. The second-order valence-corrected chi connectivity index (χ2v) is 4.73. The molecule has 0 aromatic rings. The molecule has 0 bridgehead atoms. The van der Waals surface area contributed by atoms with E-state index in [2.05, 4.69) is 31.5 Å². The number of esters is 1. The Labute approximate surface area is 97.6 Å². The monoisotopic (exact) mass is 231 g/mol. The molecule has 0 atom stereocenters. The summed E-state index contributed by atoms with van der Waals surface area (Å²) in [4.78, 5) is 13.8. The van der Waals surface area contributed by atoms with E-state index in [1.54, 1.807) is 0 Å². The normalized spacial score (nSPS) is 21.3. The fourth-order valence-electron chi connectivity index (χ4n) is 1.94. The average Bonchev–Trinajstić information content (AvgIpc) is 2.22. The fraction of sp³-hybridized carbons (Fsp3) is 0.909. The zero-order valence-corrected chi connectivity index (χ0v) is 10.6. The minimum absolute atomic E-state index is 0.101. The Morgan fingerprint density at radius 3 is 2.53 bits per heavy atom. The lowest BCUT2D eigenvalue weighted by molar-refractivity contribution is -0.164. The van der Waals surface area contributed by atoms with Crippen molar-refractivity contribution < 1.29 is 9.53 Å². The molecule has 3 nitrogen and oxygen atoms in total. The molecule has 0 spiro atoms. The number of nitrogens with zero attached hydrogens (tertiary/aromatic N) is 1. The van der Waals surface area contributed by atoms with Crippen molar-refractivity contribution in [1.29, 1.82) is 0 Å². The van der Waals surface area contributed by atoms with Gasteiger partial charge in [0.2, 0.25) is 0 Å². The van der Waals surface area contributed by atoms with Crippen molar-refractivity contribution in [1.82, 2.24) is 4.90 Å². The summed E-state index contributed by atoms with van der Waals surface area (Å²) in [6.07, 6.45) is 3.25. The third-order valence-electron chi connectivity index (χ3n) is 3.19. The lowest BCUT2D eigenvalue weighted by Gasteiger charge is -2.39. The summed E-state index contributed by atoms with van der Waals surface area (Å²) in [5, 5.41) is 0. The predicted octanol–water partition coefficient (Wildman–Crippen LogP) is 1.72. The van der Waals surface area contributed by atoms with Crippen molar-refractivity contribution in [3.63, 3.8) is 0 Å². The van der Waals surface area contributed by atoms with E-state index in [0.717, 1.165) is 32.4 Å². The van der Waals surface area contributed by atoms with Crippen LogP contribution in [0.4, 0.5) is 0 Å². The maximum atomic E-state index is 11.5. The summed E-state index contributed by atoms with van der Waals surface area (Å²) >= 11 is 4.04. The number of carbonyl (C=O) groups excluding carboxylic acids is 1. The van der Waals surface area contributed by atoms with Crippen LogP contribution in [0.5, 0.6) is 0 Å². The molecule has 0 aromatic heterocycles. The highest BCUT2D eigenvalue weighted by Crippen LogP contribution is 2.29. The van der Waals surface area contributed by atoms with Crippen LogP contribution in [0.25, 0.3) is 0 Å². The first-order chi connectivity index (χ1) is 7.12. The number of rotatable bonds is 4. The Balaban J connectivity index is 2.49. The molecule has 15 heavy (non-hydrogen) atoms. The summed E-state index contributed by atoms with van der Waals surface area (Å²) in [7, 11) is 2.11. The Hall–Kier alpha value is -0.220.